The number of fused-ring (bicyclic) bond motifs is 7. The van der Waals surface area contributed by atoms with Crippen molar-refractivity contribution in [2.45, 2.75) is 120 Å². The van der Waals surface area contributed by atoms with E-state index in [1.165, 1.54) is 51.4 Å². The number of esters is 1. The molecule has 4 saturated carbocycles. The molecule has 4 fully saturated rings. The second-order valence-corrected chi connectivity index (χ2v) is 17.0. The van der Waals surface area contributed by atoms with Crippen molar-refractivity contribution in [3.63, 3.8) is 0 Å². The highest BCUT2D eigenvalue weighted by Gasteiger charge is 2.68. The molecule has 0 heterocycles. The summed E-state index contributed by atoms with van der Waals surface area (Å²) in [4.78, 5) is 13.5. The van der Waals surface area contributed by atoms with Gasteiger partial charge < -0.3 is 4.74 Å². The average Bonchev–Trinajstić information content (AvgIpc) is 2.85. The van der Waals surface area contributed by atoms with Crippen molar-refractivity contribution >= 4 is 5.97 Å². The predicted molar refractivity (Wildman–Crippen MR) is 160 cm³/mol. The van der Waals surface area contributed by atoms with Gasteiger partial charge in [0, 0.05) is 0 Å². The minimum absolute atomic E-state index is 0.0224. The Hall–Kier alpha value is -1.57. The Morgan fingerprint density at radius 2 is 1.49 bits per heavy atom. The fourth-order valence-corrected chi connectivity index (χ4v) is 11.6. The lowest BCUT2D eigenvalue weighted by atomic mass is 9.33. The zero-order valence-corrected chi connectivity index (χ0v) is 26.2. The zero-order chi connectivity index (χ0) is 28.1. The second-order valence-electron chi connectivity index (χ2n) is 17.0. The van der Waals surface area contributed by atoms with Crippen LogP contribution in [0.15, 0.2) is 42.0 Å². The number of carbonyl (C=O) groups is 1. The zero-order valence-electron chi connectivity index (χ0n) is 26.2. The first kappa shape index (κ1) is 27.6. The Balaban J connectivity index is 1.31. The summed E-state index contributed by atoms with van der Waals surface area (Å²) in [7, 11) is 0. The molecule has 5 aliphatic rings. The summed E-state index contributed by atoms with van der Waals surface area (Å²) in [5.74, 6) is 2.60. The van der Waals surface area contributed by atoms with Gasteiger partial charge >= 0.3 is 5.97 Å². The minimum Gasteiger partial charge on any atom is -0.426 e. The van der Waals surface area contributed by atoms with Crippen molar-refractivity contribution < 1.29 is 9.53 Å². The van der Waals surface area contributed by atoms with E-state index in [4.69, 9.17) is 4.74 Å². The molecular formula is C37H54O2. The van der Waals surface area contributed by atoms with Crippen LogP contribution < -0.4 is 4.74 Å². The fraction of sp³-hybridized carbons (Fsp3) is 0.757. The number of hydrogen-bond acceptors (Lipinski definition) is 2. The van der Waals surface area contributed by atoms with Gasteiger partial charge in [0.15, 0.2) is 0 Å². The molecule has 39 heavy (non-hydrogen) atoms. The molecule has 5 aliphatic carbocycles. The molecule has 2 nitrogen and oxygen atoms in total. The molecule has 0 aromatic heterocycles. The van der Waals surface area contributed by atoms with Crippen LogP contribution in [-0.2, 0) is 4.79 Å². The molecule has 0 radical (unpaired) electrons. The third kappa shape index (κ3) is 3.89. The van der Waals surface area contributed by atoms with E-state index in [1.807, 2.05) is 35.9 Å². The number of ether oxygens (including phenoxy) is 1. The van der Waals surface area contributed by atoms with Gasteiger partial charge in [-0.1, -0.05) is 85.2 Å². The summed E-state index contributed by atoms with van der Waals surface area (Å²) in [6.45, 7) is 20.4. The molecular weight excluding hydrogens is 476 g/mol. The molecule has 8 atom stereocenters. The molecule has 0 saturated heterocycles. The molecule has 6 rings (SSSR count). The maximum Gasteiger partial charge on any atom is 0.314 e. The van der Waals surface area contributed by atoms with Crippen molar-refractivity contribution in [2.75, 3.05) is 0 Å². The van der Waals surface area contributed by atoms with Gasteiger partial charge in [-0.3, -0.25) is 4.79 Å². The van der Waals surface area contributed by atoms with Gasteiger partial charge in [0.2, 0.25) is 0 Å². The number of para-hydroxylation sites is 1. The molecule has 0 amide bonds. The lowest BCUT2D eigenvalue weighted by molar-refractivity contribution is -0.197. The van der Waals surface area contributed by atoms with Crippen LogP contribution in [0.2, 0.25) is 0 Å². The molecule has 0 spiro atoms. The lowest BCUT2D eigenvalue weighted by Crippen LogP contribution is -2.64. The topological polar surface area (TPSA) is 26.3 Å². The van der Waals surface area contributed by atoms with Gasteiger partial charge in [-0.2, -0.15) is 0 Å². The maximum absolute atomic E-state index is 13.5. The average molecular weight is 531 g/mol. The fourth-order valence-electron chi connectivity index (χ4n) is 11.6. The first-order chi connectivity index (χ1) is 18.2. The first-order valence-electron chi connectivity index (χ1n) is 16.1. The number of carbonyl (C=O) groups excluding carboxylic acids is 1. The summed E-state index contributed by atoms with van der Waals surface area (Å²) >= 11 is 0. The van der Waals surface area contributed by atoms with E-state index < -0.39 is 0 Å². The van der Waals surface area contributed by atoms with Crippen LogP contribution in [0.5, 0.6) is 5.75 Å². The summed E-state index contributed by atoms with van der Waals surface area (Å²) in [6, 6.07) is 9.67. The van der Waals surface area contributed by atoms with E-state index in [2.05, 4.69) is 61.5 Å². The van der Waals surface area contributed by atoms with Crippen molar-refractivity contribution in [3.8, 4) is 5.75 Å². The van der Waals surface area contributed by atoms with Crippen molar-refractivity contribution in [1.82, 2.24) is 0 Å². The molecule has 0 bridgehead atoms. The largest absolute Gasteiger partial charge is 0.426 e. The predicted octanol–water partition coefficient (Wildman–Crippen LogP) is 10.0. The van der Waals surface area contributed by atoms with Crippen LogP contribution in [-0.4, -0.2) is 5.97 Å². The minimum atomic E-state index is -0.0659. The van der Waals surface area contributed by atoms with Crippen LogP contribution >= 0.6 is 0 Å². The molecule has 1 aromatic carbocycles. The van der Waals surface area contributed by atoms with E-state index in [0.717, 1.165) is 18.8 Å². The standard InChI is InChI=1S/C37H54O2/c1-32(2)20-21-34(5)22-23-36(7)26(28(34)24-32)14-15-30-35(6)18-16-27(31(38)39-25-12-10-9-11-13-25)33(3,4)29(35)17-19-37(30,36)8/h9-14,27-30H,15-24H2,1-8H3. The van der Waals surface area contributed by atoms with Gasteiger partial charge in [0.25, 0.3) is 0 Å². The molecule has 8 unspecified atom stereocenters. The Morgan fingerprint density at radius 3 is 2.21 bits per heavy atom. The monoisotopic (exact) mass is 530 g/mol. The van der Waals surface area contributed by atoms with Crippen molar-refractivity contribution in [1.29, 1.82) is 0 Å². The van der Waals surface area contributed by atoms with Gasteiger partial charge in [-0.25, -0.2) is 0 Å². The van der Waals surface area contributed by atoms with Crippen LogP contribution in [0.25, 0.3) is 0 Å². The van der Waals surface area contributed by atoms with Gasteiger partial charge in [-0.15, -0.1) is 0 Å². The normalized spacial score (nSPS) is 46.0. The van der Waals surface area contributed by atoms with Crippen molar-refractivity contribution in [3.05, 3.63) is 42.0 Å². The Kier molecular flexibility index (Phi) is 6.17. The van der Waals surface area contributed by atoms with Gasteiger partial charge in [-0.05, 0) is 127 Å². The summed E-state index contributed by atoms with van der Waals surface area (Å²) < 4.78 is 5.94. The number of hydrogen-bond donors (Lipinski definition) is 0. The molecule has 0 aliphatic heterocycles. The van der Waals surface area contributed by atoms with Gasteiger partial charge in [0.1, 0.15) is 5.75 Å². The summed E-state index contributed by atoms with van der Waals surface area (Å²) in [5, 5.41) is 0. The van der Waals surface area contributed by atoms with Crippen LogP contribution in [0.4, 0.5) is 0 Å². The highest BCUT2D eigenvalue weighted by molar-refractivity contribution is 5.76. The maximum atomic E-state index is 13.5. The SMILES string of the molecule is CC1(C)CCC2(C)CCC3(C)C(=CCC4C5(C)CCC(C(=O)Oc6ccccc6)C(C)(C)C5CCC43C)C2C1. The Bertz CT molecular complexity index is 1160. The number of allylic oxidation sites excluding steroid dienone is 2. The highest BCUT2D eigenvalue weighted by Crippen LogP contribution is 2.76. The molecule has 1 aromatic rings. The third-order valence-corrected chi connectivity index (χ3v) is 14.3. The molecule has 214 valence electrons. The highest BCUT2D eigenvalue weighted by atomic mass is 16.5. The first-order valence-corrected chi connectivity index (χ1v) is 16.1. The van der Waals surface area contributed by atoms with E-state index >= 15 is 0 Å². The Labute approximate surface area is 238 Å². The number of rotatable bonds is 2. The van der Waals surface area contributed by atoms with E-state index in [9.17, 15) is 4.79 Å². The van der Waals surface area contributed by atoms with Crippen LogP contribution in [0.1, 0.15) is 120 Å². The smallest absolute Gasteiger partial charge is 0.314 e. The molecule has 0 N–H and O–H groups in total. The second kappa shape index (κ2) is 8.72. The van der Waals surface area contributed by atoms with E-state index in [0.29, 0.717) is 39.2 Å². The molecule has 2 heteroatoms. The van der Waals surface area contributed by atoms with E-state index in [1.54, 1.807) is 0 Å². The number of benzene rings is 1. The summed E-state index contributed by atoms with van der Waals surface area (Å²) in [5.41, 5.74) is 3.63. The quantitative estimate of drug-likeness (QED) is 0.216. The lowest BCUT2D eigenvalue weighted by Gasteiger charge is -2.71. The van der Waals surface area contributed by atoms with E-state index in [-0.39, 0.29) is 22.7 Å². The van der Waals surface area contributed by atoms with Crippen molar-refractivity contribution in [2.24, 2.45) is 56.2 Å². The van der Waals surface area contributed by atoms with Gasteiger partial charge in [0.05, 0.1) is 5.92 Å². The third-order valence-electron chi connectivity index (χ3n) is 14.3. The Morgan fingerprint density at radius 1 is 0.795 bits per heavy atom. The van der Waals surface area contributed by atoms with Crippen LogP contribution in [0, 0.1) is 56.2 Å². The summed E-state index contributed by atoms with van der Waals surface area (Å²) in [6.07, 6.45) is 15.5. The van der Waals surface area contributed by atoms with Crippen LogP contribution in [0.3, 0.4) is 0 Å².